The van der Waals surface area contributed by atoms with E-state index < -0.39 is 11.8 Å². The van der Waals surface area contributed by atoms with E-state index in [0.29, 0.717) is 16.2 Å². The molecular weight excluding hydrogens is 384 g/mol. The molecule has 0 bridgehead atoms. The Hall–Kier alpha value is -3.04. The Bertz CT molecular complexity index is 1120. The van der Waals surface area contributed by atoms with Crippen molar-refractivity contribution in [3.05, 3.63) is 64.7 Å². The van der Waals surface area contributed by atoms with Gasteiger partial charge in [-0.3, -0.25) is 25.0 Å². The number of carbonyl (C=O) groups excluding carboxylic acids is 2. The third-order valence-corrected chi connectivity index (χ3v) is 5.20. The standard InChI is InChI=1S/C18H12N4O3S2/c1-10-12(4-7-25-10)16(23)21-22-17(24)15(27-18(22)26)9-11-2-3-13-14(8-11)20-6-5-19-13/h2-9H,1H3,(H,21,23)/b15-9-. The molecule has 134 valence electrons. The minimum Gasteiger partial charge on any atom is -0.469 e. The van der Waals surface area contributed by atoms with Crippen LogP contribution in [0.2, 0.25) is 0 Å². The molecule has 0 radical (unpaired) electrons. The summed E-state index contributed by atoms with van der Waals surface area (Å²) in [6.07, 6.45) is 6.36. The number of aromatic nitrogens is 2. The zero-order valence-electron chi connectivity index (χ0n) is 14.0. The van der Waals surface area contributed by atoms with Crippen LogP contribution in [0.4, 0.5) is 0 Å². The average Bonchev–Trinajstić information content (AvgIpc) is 3.20. The highest BCUT2D eigenvalue weighted by atomic mass is 32.2. The van der Waals surface area contributed by atoms with E-state index in [0.717, 1.165) is 33.4 Å². The van der Waals surface area contributed by atoms with E-state index in [-0.39, 0.29) is 4.32 Å². The van der Waals surface area contributed by atoms with Gasteiger partial charge in [0.1, 0.15) is 5.76 Å². The van der Waals surface area contributed by atoms with Crippen molar-refractivity contribution in [2.45, 2.75) is 6.92 Å². The maximum Gasteiger partial charge on any atom is 0.285 e. The smallest absolute Gasteiger partial charge is 0.285 e. The molecule has 9 heteroatoms. The van der Waals surface area contributed by atoms with Gasteiger partial charge < -0.3 is 4.42 Å². The fraction of sp³-hybridized carbons (Fsp3) is 0.0556. The third kappa shape index (κ3) is 3.34. The Morgan fingerprint density at radius 3 is 2.78 bits per heavy atom. The molecule has 3 heterocycles. The Labute approximate surface area is 163 Å². The lowest BCUT2D eigenvalue weighted by molar-refractivity contribution is -0.123. The highest BCUT2D eigenvalue weighted by Gasteiger charge is 2.34. The molecule has 2 amide bonds. The second-order valence-corrected chi connectivity index (χ2v) is 7.33. The summed E-state index contributed by atoms with van der Waals surface area (Å²) in [5, 5.41) is 1.07. The van der Waals surface area contributed by atoms with Gasteiger partial charge in [0.15, 0.2) is 4.32 Å². The molecular formula is C18H12N4O3S2. The number of hydrogen-bond donors (Lipinski definition) is 1. The molecule has 1 aromatic carbocycles. The molecule has 1 aliphatic rings. The summed E-state index contributed by atoms with van der Waals surface area (Å²) in [7, 11) is 0. The average molecular weight is 396 g/mol. The Morgan fingerprint density at radius 2 is 2.04 bits per heavy atom. The number of rotatable bonds is 3. The first-order valence-corrected chi connectivity index (χ1v) is 9.09. The van der Waals surface area contributed by atoms with Crippen LogP contribution in [0.15, 0.2) is 52.2 Å². The van der Waals surface area contributed by atoms with Gasteiger partial charge >= 0.3 is 0 Å². The molecule has 27 heavy (non-hydrogen) atoms. The van der Waals surface area contributed by atoms with Crippen molar-refractivity contribution in [3.63, 3.8) is 0 Å². The summed E-state index contributed by atoms with van der Waals surface area (Å²) in [6.45, 7) is 1.67. The Balaban J connectivity index is 1.57. The number of hydrazine groups is 1. The maximum atomic E-state index is 12.7. The number of benzene rings is 1. The lowest BCUT2D eigenvalue weighted by atomic mass is 10.2. The van der Waals surface area contributed by atoms with E-state index in [2.05, 4.69) is 15.4 Å². The van der Waals surface area contributed by atoms with Crippen molar-refractivity contribution >= 4 is 57.2 Å². The topological polar surface area (TPSA) is 88.3 Å². The normalized spacial score (nSPS) is 15.7. The number of furan rings is 1. The van der Waals surface area contributed by atoms with Crippen LogP contribution in [-0.2, 0) is 4.79 Å². The van der Waals surface area contributed by atoms with Crippen molar-refractivity contribution < 1.29 is 14.0 Å². The fourth-order valence-corrected chi connectivity index (χ4v) is 3.75. The summed E-state index contributed by atoms with van der Waals surface area (Å²) < 4.78 is 5.37. The highest BCUT2D eigenvalue weighted by Crippen LogP contribution is 2.31. The minimum atomic E-state index is -0.459. The van der Waals surface area contributed by atoms with Gasteiger partial charge in [0.2, 0.25) is 0 Å². The first-order valence-electron chi connectivity index (χ1n) is 7.87. The van der Waals surface area contributed by atoms with Crippen LogP contribution < -0.4 is 5.43 Å². The minimum absolute atomic E-state index is 0.251. The third-order valence-electron chi connectivity index (χ3n) is 3.90. The molecule has 4 rings (SSSR count). The zero-order valence-corrected chi connectivity index (χ0v) is 15.6. The first kappa shape index (κ1) is 17.4. The number of fused-ring (bicyclic) bond motifs is 1. The number of amides is 2. The second-order valence-electron chi connectivity index (χ2n) is 5.65. The molecule has 7 nitrogen and oxygen atoms in total. The van der Waals surface area contributed by atoms with Crippen LogP contribution in [0, 0.1) is 6.92 Å². The lowest BCUT2D eigenvalue weighted by Crippen LogP contribution is -2.44. The van der Waals surface area contributed by atoms with E-state index in [9.17, 15) is 9.59 Å². The molecule has 0 atom stereocenters. The van der Waals surface area contributed by atoms with Crippen LogP contribution in [0.1, 0.15) is 21.7 Å². The Morgan fingerprint density at radius 1 is 1.26 bits per heavy atom. The number of thioether (sulfide) groups is 1. The quantitative estimate of drug-likeness (QED) is 0.538. The molecule has 1 saturated heterocycles. The Kier molecular flexibility index (Phi) is 4.46. The van der Waals surface area contributed by atoms with E-state index >= 15 is 0 Å². The number of hydrogen-bond acceptors (Lipinski definition) is 7. The molecule has 2 aromatic heterocycles. The number of nitrogens with one attached hydrogen (secondary N) is 1. The first-order chi connectivity index (χ1) is 13.0. The summed E-state index contributed by atoms with van der Waals surface area (Å²) >= 11 is 6.36. The van der Waals surface area contributed by atoms with Crippen molar-refractivity contribution in [1.29, 1.82) is 0 Å². The van der Waals surface area contributed by atoms with Crippen LogP contribution >= 0.6 is 24.0 Å². The van der Waals surface area contributed by atoms with Crippen LogP contribution in [0.3, 0.4) is 0 Å². The molecule has 1 N–H and O–H groups in total. The number of aryl methyl sites for hydroxylation is 1. The number of thiocarbonyl (C=S) groups is 1. The van der Waals surface area contributed by atoms with Crippen molar-refractivity contribution in [2.75, 3.05) is 0 Å². The van der Waals surface area contributed by atoms with Gasteiger partial charge in [0, 0.05) is 12.4 Å². The van der Waals surface area contributed by atoms with Gasteiger partial charge in [-0.2, -0.15) is 5.01 Å². The number of carbonyl (C=O) groups is 2. The van der Waals surface area contributed by atoms with E-state index in [1.165, 1.54) is 12.3 Å². The molecule has 0 saturated carbocycles. The molecule has 3 aromatic rings. The molecule has 0 unspecified atom stereocenters. The van der Waals surface area contributed by atoms with E-state index in [1.54, 1.807) is 25.4 Å². The lowest BCUT2D eigenvalue weighted by Gasteiger charge is -2.15. The number of nitrogens with zero attached hydrogens (tertiary/aromatic N) is 3. The predicted molar refractivity (Wildman–Crippen MR) is 105 cm³/mol. The fourth-order valence-electron chi connectivity index (χ4n) is 2.57. The van der Waals surface area contributed by atoms with Crippen molar-refractivity contribution in [1.82, 2.24) is 20.4 Å². The molecule has 1 fully saturated rings. The van der Waals surface area contributed by atoms with Crippen LogP contribution in [0.25, 0.3) is 17.1 Å². The SMILES string of the molecule is Cc1occc1C(=O)NN1C(=O)/C(=C/c2ccc3nccnc3c2)SC1=S. The summed E-state index contributed by atoms with van der Waals surface area (Å²) in [4.78, 5) is 33.9. The summed E-state index contributed by atoms with van der Waals surface area (Å²) in [6, 6.07) is 7.05. The summed E-state index contributed by atoms with van der Waals surface area (Å²) in [5.74, 6) is -0.385. The van der Waals surface area contributed by atoms with E-state index in [1.807, 2.05) is 18.2 Å². The maximum absolute atomic E-state index is 12.7. The van der Waals surface area contributed by atoms with Gasteiger partial charge in [-0.25, -0.2) is 0 Å². The van der Waals surface area contributed by atoms with Crippen molar-refractivity contribution in [3.8, 4) is 0 Å². The highest BCUT2D eigenvalue weighted by molar-refractivity contribution is 8.26. The molecule has 0 aliphatic carbocycles. The van der Waals surface area contributed by atoms with Crippen LogP contribution in [0.5, 0.6) is 0 Å². The van der Waals surface area contributed by atoms with Gasteiger partial charge in [-0.15, -0.1) is 0 Å². The van der Waals surface area contributed by atoms with Gasteiger partial charge in [0.25, 0.3) is 11.8 Å². The van der Waals surface area contributed by atoms with Crippen molar-refractivity contribution in [2.24, 2.45) is 0 Å². The monoisotopic (exact) mass is 396 g/mol. The molecule has 1 aliphatic heterocycles. The largest absolute Gasteiger partial charge is 0.469 e. The van der Waals surface area contributed by atoms with Gasteiger partial charge in [0.05, 0.1) is 27.8 Å². The zero-order chi connectivity index (χ0) is 19.0. The molecule has 0 spiro atoms. The summed E-state index contributed by atoms with van der Waals surface area (Å²) in [5.41, 5.74) is 5.16. The van der Waals surface area contributed by atoms with Crippen LogP contribution in [-0.4, -0.2) is 31.1 Å². The predicted octanol–water partition coefficient (Wildman–Crippen LogP) is 3.08. The van der Waals surface area contributed by atoms with Gasteiger partial charge in [-0.1, -0.05) is 17.8 Å². The van der Waals surface area contributed by atoms with E-state index in [4.69, 9.17) is 16.6 Å². The van der Waals surface area contributed by atoms with Gasteiger partial charge in [-0.05, 0) is 49.0 Å². The second kappa shape index (κ2) is 6.93.